The Hall–Kier alpha value is -2.53. The van der Waals surface area contributed by atoms with Crippen LogP contribution in [0.1, 0.15) is 40.5 Å². The van der Waals surface area contributed by atoms with Crippen LogP contribution in [0.3, 0.4) is 0 Å². The normalized spacial score (nSPS) is 7.85. The molecule has 0 saturated heterocycles. The number of carbonyl (C=O) groups excluding carboxylic acids is 4. The van der Waals surface area contributed by atoms with Crippen LogP contribution in [0.5, 0.6) is 0 Å². The van der Waals surface area contributed by atoms with Crippen LogP contribution in [-0.2, 0) is 16.5 Å². The Bertz CT molecular complexity index is 500. The SMILES string of the molecule is CC(=[OH+])CC(C)=[OH+].CC(=[OH+])CC(C)=[OH+].[Ni].c1ccncc1.c1ccncc1. The quantitative estimate of drug-likeness (QED) is 0.429. The molecule has 0 aliphatic heterocycles. The molecule has 2 heterocycles. The Morgan fingerprint density at radius 3 is 0.778 bits per heavy atom. The van der Waals surface area contributed by atoms with Crippen molar-refractivity contribution < 1.29 is 35.7 Å². The van der Waals surface area contributed by atoms with Crippen LogP contribution in [0.4, 0.5) is 0 Å². The van der Waals surface area contributed by atoms with Gasteiger partial charge in [0.05, 0.1) is 0 Å². The van der Waals surface area contributed by atoms with Gasteiger partial charge in [0.25, 0.3) is 0 Å². The Morgan fingerprint density at radius 2 is 0.741 bits per heavy atom. The number of pyridine rings is 2. The number of hydrogen-bond donors (Lipinski definition) is 0. The van der Waals surface area contributed by atoms with Crippen LogP contribution < -0.4 is 0 Å². The van der Waals surface area contributed by atoms with Gasteiger partial charge in [0.2, 0.25) is 0 Å². The first kappa shape index (κ1) is 29.2. The summed E-state index contributed by atoms with van der Waals surface area (Å²) in [6, 6.07) is 11.4. The molecule has 4 N–H and O–H groups in total. The zero-order chi connectivity index (χ0) is 20.2. The fourth-order valence-electron chi connectivity index (χ4n) is 1.37. The van der Waals surface area contributed by atoms with Crippen LogP contribution in [0.25, 0.3) is 0 Å². The fraction of sp³-hybridized carbons (Fsp3) is 0.300. The molecule has 0 amide bonds. The largest absolute Gasteiger partial charge is 0.302 e. The van der Waals surface area contributed by atoms with E-state index in [4.69, 9.17) is 19.2 Å². The molecule has 2 aromatic heterocycles. The molecule has 0 aliphatic carbocycles. The second kappa shape index (κ2) is 21.5. The minimum Gasteiger partial charge on any atom is -0.283 e. The predicted molar refractivity (Wildman–Crippen MR) is 108 cm³/mol. The Balaban J connectivity index is -0.000000281. The molecule has 0 aliphatic rings. The summed E-state index contributed by atoms with van der Waals surface area (Å²) in [4.78, 5) is 41.4. The second-order valence-corrected chi connectivity index (χ2v) is 5.34. The van der Waals surface area contributed by atoms with E-state index in [1.807, 2.05) is 36.4 Å². The van der Waals surface area contributed by atoms with Crippen LogP contribution in [0.15, 0.2) is 61.2 Å². The Morgan fingerprint density at radius 1 is 0.519 bits per heavy atom. The van der Waals surface area contributed by atoms with Gasteiger partial charge in [-0.1, -0.05) is 12.1 Å². The molecule has 0 spiro atoms. The van der Waals surface area contributed by atoms with E-state index in [1.54, 1.807) is 52.5 Å². The van der Waals surface area contributed by atoms with Gasteiger partial charge in [-0.3, -0.25) is 29.1 Å². The number of aromatic nitrogens is 2. The van der Waals surface area contributed by atoms with E-state index < -0.39 is 0 Å². The maximum Gasteiger partial charge on any atom is 0.302 e. The zero-order valence-corrected chi connectivity index (χ0v) is 17.2. The van der Waals surface area contributed by atoms with Crippen molar-refractivity contribution in [2.24, 2.45) is 0 Å². The average Bonchev–Trinajstić information content (AvgIpc) is 2.57. The van der Waals surface area contributed by atoms with E-state index in [0.29, 0.717) is 12.8 Å². The van der Waals surface area contributed by atoms with E-state index >= 15 is 0 Å². The van der Waals surface area contributed by atoms with Crippen molar-refractivity contribution in [3.8, 4) is 0 Å². The maximum absolute atomic E-state index is 8.46. The van der Waals surface area contributed by atoms with Gasteiger partial charge in [0.1, 0.15) is 0 Å². The number of nitrogens with zero attached hydrogens (tertiary/aromatic N) is 2. The van der Waals surface area contributed by atoms with E-state index in [9.17, 15) is 0 Å². The molecule has 6 nitrogen and oxygen atoms in total. The molecule has 27 heavy (non-hydrogen) atoms. The van der Waals surface area contributed by atoms with E-state index in [-0.39, 0.29) is 39.6 Å². The second-order valence-electron chi connectivity index (χ2n) is 5.34. The fourth-order valence-corrected chi connectivity index (χ4v) is 1.37. The molecule has 0 unspecified atom stereocenters. The zero-order valence-electron chi connectivity index (χ0n) is 16.2. The maximum atomic E-state index is 8.46. The molecular formula is C20H30N2NiO4+4. The van der Waals surface area contributed by atoms with Crippen molar-refractivity contribution >= 4 is 23.1 Å². The number of ketones is 4. The van der Waals surface area contributed by atoms with Gasteiger partial charge in [-0.2, -0.15) is 0 Å². The summed E-state index contributed by atoms with van der Waals surface area (Å²) in [6.07, 6.45) is 7.61. The summed E-state index contributed by atoms with van der Waals surface area (Å²) in [5.41, 5.74) is 0. The van der Waals surface area contributed by atoms with E-state index in [1.165, 1.54) is 0 Å². The average molecular weight is 421 g/mol. The first-order valence-electron chi connectivity index (χ1n) is 8.01. The van der Waals surface area contributed by atoms with Crippen molar-refractivity contribution in [2.45, 2.75) is 40.5 Å². The third-order valence-corrected chi connectivity index (χ3v) is 2.16. The van der Waals surface area contributed by atoms with Crippen LogP contribution in [-0.4, -0.2) is 52.3 Å². The summed E-state index contributed by atoms with van der Waals surface area (Å²) < 4.78 is 0. The molecule has 7 heteroatoms. The minimum absolute atomic E-state index is 0. The molecule has 0 saturated carbocycles. The van der Waals surface area contributed by atoms with Gasteiger partial charge in [-0.15, -0.1) is 0 Å². The molecule has 0 bridgehead atoms. The van der Waals surface area contributed by atoms with Crippen molar-refractivity contribution in [2.75, 3.05) is 0 Å². The molecule has 2 rings (SSSR count). The molecule has 0 atom stereocenters. The van der Waals surface area contributed by atoms with Gasteiger partial charge < -0.3 is 0 Å². The summed E-state index contributed by atoms with van der Waals surface area (Å²) in [5.74, 6) is 1.00. The Kier molecular flexibility index (Phi) is 23.3. The van der Waals surface area contributed by atoms with Gasteiger partial charge in [-0.25, -0.2) is 0 Å². The smallest absolute Gasteiger partial charge is 0.283 e. The molecule has 0 aromatic carbocycles. The summed E-state index contributed by atoms with van der Waals surface area (Å²) in [7, 11) is 0. The summed E-state index contributed by atoms with van der Waals surface area (Å²) in [5, 5.41) is 0. The molecule has 150 valence electrons. The van der Waals surface area contributed by atoms with Gasteiger partial charge >= 0.3 is 23.1 Å². The monoisotopic (exact) mass is 420 g/mol. The molecule has 0 fully saturated rings. The van der Waals surface area contributed by atoms with E-state index in [0.717, 1.165) is 0 Å². The third kappa shape index (κ3) is 35.5. The van der Waals surface area contributed by atoms with Gasteiger partial charge in [0, 0.05) is 69.0 Å². The summed E-state index contributed by atoms with van der Waals surface area (Å²) in [6.45, 7) is 6.22. The van der Waals surface area contributed by atoms with Crippen LogP contribution in [0.2, 0.25) is 0 Å². The Labute approximate surface area is 170 Å². The molecule has 0 radical (unpaired) electrons. The first-order valence-corrected chi connectivity index (χ1v) is 8.01. The van der Waals surface area contributed by atoms with Crippen molar-refractivity contribution in [3.05, 3.63) is 61.2 Å². The topological polar surface area (TPSA) is 111 Å². The van der Waals surface area contributed by atoms with Crippen molar-refractivity contribution in [1.29, 1.82) is 0 Å². The van der Waals surface area contributed by atoms with Crippen LogP contribution >= 0.6 is 0 Å². The number of rotatable bonds is 4. The summed E-state index contributed by atoms with van der Waals surface area (Å²) >= 11 is 0. The van der Waals surface area contributed by atoms with Crippen LogP contribution in [0, 0.1) is 0 Å². The number of hydrogen-bond acceptors (Lipinski definition) is 2. The first-order chi connectivity index (χ1) is 12.3. The molecule has 2 aromatic rings. The van der Waals surface area contributed by atoms with E-state index in [2.05, 4.69) is 9.97 Å². The third-order valence-electron chi connectivity index (χ3n) is 2.16. The van der Waals surface area contributed by atoms with Gasteiger partial charge in [-0.05, 0) is 24.3 Å². The van der Waals surface area contributed by atoms with Crippen molar-refractivity contribution in [3.63, 3.8) is 0 Å². The van der Waals surface area contributed by atoms with Gasteiger partial charge in [0.15, 0.2) is 12.8 Å². The standard InChI is InChI=1S/2C5H5N.2C5H8O2.Ni/c2*1-2-4-6-5-3-1;2*1-4(6)3-5(2)7;/h2*1-5H;2*3H2,1-2H3;/p+4. The van der Waals surface area contributed by atoms with Crippen molar-refractivity contribution in [1.82, 2.24) is 9.97 Å². The predicted octanol–water partition coefficient (Wildman–Crippen LogP) is 3.17. The molecular weight excluding hydrogens is 391 g/mol. The minimum atomic E-state index is 0.